The topological polar surface area (TPSA) is 237 Å². The molecule has 0 bridgehead atoms. The summed E-state index contributed by atoms with van der Waals surface area (Å²) in [6.45, 7) is 11.8. The van der Waals surface area contributed by atoms with Gasteiger partial charge in [-0.3, -0.25) is 37.3 Å². The highest BCUT2D eigenvalue weighted by Crippen LogP contribution is 2.45. The molecule has 0 aromatic rings. The average molecular weight is 1310 g/mol. The fourth-order valence-electron chi connectivity index (χ4n) is 10.5. The molecule has 0 aliphatic carbocycles. The van der Waals surface area contributed by atoms with Crippen molar-refractivity contribution in [2.75, 3.05) is 39.6 Å². The van der Waals surface area contributed by atoms with Crippen molar-refractivity contribution < 1.29 is 80.2 Å². The smallest absolute Gasteiger partial charge is 0.462 e. The zero-order chi connectivity index (χ0) is 65.9. The molecule has 6 atom stereocenters. The highest BCUT2D eigenvalue weighted by Gasteiger charge is 2.30. The lowest BCUT2D eigenvalue weighted by atomic mass is 9.99. The van der Waals surface area contributed by atoms with Crippen LogP contribution >= 0.6 is 15.6 Å². The van der Waals surface area contributed by atoms with E-state index >= 15 is 0 Å². The number of phosphoric acid groups is 2. The highest BCUT2D eigenvalue weighted by atomic mass is 31.2. The number of ether oxygens (including phenoxy) is 4. The van der Waals surface area contributed by atoms with Gasteiger partial charge >= 0.3 is 39.5 Å². The zero-order valence-corrected chi connectivity index (χ0v) is 59.7. The number of rotatable bonds is 68. The van der Waals surface area contributed by atoms with E-state index in [1.165, 1.54) is 161 Å². The second kappa shape index (κ2) is 61.0. The van der Waals surface area contributed by atoms with E-state index in [4.69, 9.17) is 37.0 Å². The number of carbonyl (C=O) groups is 4. The van der Waals surface area contributed by atoms with Crippen molar-refractivity contribution in [3.05, 3.63) is 0 Å². The van der Waals surface area contributed by atoms with Gasteiger partial charge in [0, 0.05) is 25.7 Å². The van der Waals surface area contributed by atoms with Crippen molar-refractivity contribution in [1.29, 1.82) is 0 Å². The fraction of sp³-hybridized carbons (Fsp3) is 0.943. The van der Waals surface area contributed by atoms with Crippen molar-refractivity contribution in [2.45, 2.75) is 369 Å². The molecule has 17 nitrogen and oxygen atoms in total. The van der Waals surface area contributed by atoms with E-state index in [9.17, 15) is 43.2 Å². The van der Waals surface area contributed by atoms with E-state index < -0.39 is 97.5 Å². The molecule has 0 aliphatic rings. The summed E-state index contributed by atoms with van der Waals surface area (Å²) < 4.78 is 68.3. The van der Waals surface area contributed by atoms with Crippen LogP contribution in [0.25, 0.3) is 0 Å². The summed E-state index contributed by atoms with van der Waals surface area (Å²) in [6, 6.07) is 0. The Hall–Kier alpha value is -1.94. The Morgan fingerprint density at radius 2 is 0.573 bits per heavy atom. The van der Waals surface area contributed by atoms with Crippen molar-refractivity contribution >= 4 is 39.5 Å². The van der Waals surface area contributed by atoms with E-state index in [0.717, 1.165) is 108 Å². The molecule has 3 unspecified atom stereocenters. The van der Waals surface area contributed by atoms with Crippen molar-refractivity contribution in [1.82, 2.24) is 0 Å². The second-order valence-electron chi connectivity index (χ2n) is 26.5. The minimum atomic E-state index is -4.95. The van der Waals surface area contributed by atoms with Crippen LogP contribution in [0.1, 0.15) is 350 Å². The lowest BCUT2D eigenvalue weighted by Gasteiger charge is -2.21. The minimum absolute atomic E-state index is 0.104. The van der Waals surface area contributed by atoms with Gasteiger partial charge in [0.1, 0.15) is 19.3 Å². The molecule has 0 aliphatic heterocycles. The zero-order valence-electron chi connectivity index (χ0n) is 57.9. The van der Waals surface area contributed by atoms with Gasteiger partial charge in [0.2, 0.25) is 0 Å². The molecule has 0 heterocycles. The van der Waals surface area contributed by atoms with Crippen molar-refractivity contribution in [2.24, 2.45) is 17.8 Å². The molecular formula is C70H136O17P2. The maximum atomic E-state index is 13.0. The molecule has 3 N–H and O–H groups in total. The Balaban J connectivity index is 5.26. The summed E-state index contributed by atoms with van der Waals surface area (Å²) >= 11 is 0. The summed E-state index contributed by atoms with van der Waals surface area (Å²) in [6.07, 6.45) is 44.3. The normalized spacial score (nSPS) is 14.5. The van der Waals surface area contributed by atoms with Crippen molar-refractivity contribution in [3.8, 4) is 0 Å². The van der Waals surface area contributed by atoms with Crippen LogP contribution < -0.4 is 0 Å². The second-order valence-corrected chi connectivity index (χ2v) is 29.4. The van der Waals surface area contributed by atoms with Gasteiger partial charge in [-0.1, -0.05) is 299 Å². The number of hydrogen-bond acceptors (Lipinski definition) is 15. The Bertz CT molecular complexity index is 1750. The Morgan fingerprint density at radius 3 is 0.854 bits per heavy atom. The number of aliphatic hydroxyl groups excluding tert-OH is 1. The molecule has 0 rings (SSSR count). The summed E-state index contributed by atoms with van der Waals surface area (Å²) in [5, 5.41) is 10.6. The van der Waals surface area contributed by atoms with E-state index in [0.29, 0.717) is 25.7 Å². The standard InChI is InChI=1S/C70H136O17P2/c1-8-10-11-12-13-14-22-30-37-44-51-67(72)80-58-66(87-70(75)54-47-40-33-26-25-28-35-42-49-62(5)6)60-85-89(78,79)83-56-64(71)55-82-88(76,77)84-59-65(86-69(74)53-46-39-32-24-17-15-16-20-27-34-41-48-61(3)4)57-81-68(73)52-45-38-31-23-19-18-21-29-36-43-50-63(7)9-2/h61-66,71H,8-60H2,1-7H3,(H,76,77)(H,78,79)/t63?,64-,65-,66-/m1/s1. The molecule has 0 saturated carbocycles. The molecular weight excluding hydrogens is 1170 g/mol. The molecule has 0 spiro atoms. The summed E-state index contributed by atoms with van der Waals surface area (Å²) in [4.78, 5) is 72.5. The fourth-order valence-corrected chi connectivity index (χ4v) is 12.1. The lowest BCUT2D eigenvalue weighted by molar-refractivity contribution is -0.161. The number of esters is 4. The van der Waals surface area contributed by atoms with Gasteiger partial charge in [-0.05, 0) is 43.4 Å². The molecule has 0 radical (unpaired) electrons. The first-order valence-corrected chi connectivity index (χ1v) is 39.4. The quantitative estimate of drug-likeness (QED) is 0.0222. The predicted molar refractivity (Wildman–Crippen MR) is 358 cm³/mol. The van der Waals surface area contributed by atoms with Gasteiger partial charge in [0.05, 0.1) is 26.4 Å². The van der Waals surface area contributed by atoms with Gasteiger partial charge in [-0.2, -0.15) is 0 Å². The summed E-state index contributed by atoms with van der Waals surface area (Å²) in [5.41, 5.74) is 0. The molecule has 0 aromatic carbocycles. The van der Waals surface area contributed by atoms with Crippen LogP contribution in [0.4, 0.5) is 0 Å². The summed E-state index contributed by atoms with van der Waals surface area (Å²) in [5.74, 6) is 0.166. The number of aliphatic hydroxyl groups is 1. The van der Waals surface area contributed by atoms with E-state index in [1.807, 2.05) is 0 Å². The number of hydrogen-bond donors (Lipinski definition) is 3. The maximum Gasteiger partial charge on any atom is 0.472 e. The average Bonchev–Trinajstić information content (AvgIpc) is 3.68. The van der Waals surface area contributed by atoms with Crippen LogP contribution in [0.5, 0.6) is 0 Å². The van der Waals surface area contributed by atoms with Gasteiger partial charge in [-0.25, -0.2) is 9.13 Å². The van der Waals surface area contributed by atoms with Crippen molar-refractivity contribution in [3.63, 3.8) is 0 Å². The van der Waals surface area contributed by atoms with Gasteiger partial charge < -0.3 is 33.8 Å². The predicted octanol–water partition coefficient (Wildman–Crippen LogP) is 19.8. The van der Waals surface area contributed by atoms with Gasteiger partial charge in [0.25, 0.3) is 0 Å². The van der Waals surface area contributed by atoms with Gasteiger partial charge in [0.15, 0.2) is 12.2 Å². The van der Waals surface area contributed by atoms with Crippen LogP contribution in [0.15, 0.2) is 0 Å². The number of carbonyl (C=O) groups excluding carboxylic acids is 4. The molecule has 89 heavy (non-hydrogen) atoms. The first kappa shape index (κ1) is 87.1. The van der Waals surface area contributed by atoms with E-state index in [-0.39, 0.29) is 25.7 Å². The van der Waals surface area contributed by atoms with Crippen LogP contribution in [0, 0.1) is 17.8 Å². The number of phosphoric ester groups is 2. The van der Waals surface area contributed by atoms with Crippen LogP contribution in [-0.4, -0.2) is 96.7 Å². The summed E-state index contributed by atoms with van der Waals surface area (Å²) in [7, 11) is -9.90. The largest absolute Gasteiger partial charge is 0.472 e. The maximum absolute atomic E-state index is 13.0. The van der Waals surface area contributed by atoms with E-state index in [1.54, 1.807) is 0 Å². The third kappa shape index (κ3) is 63.2. The first-order valence-electron chi connectivity index (χ1n) is 36.4. The molecule has 528 valence electrons. The number of unbranched alkanes of at least 4 members (excludes halogenated alkanes) is 35. The first-order chi connectivity index (χ1) is 42.8. The highest BCUT2D eigenvalue weighted by molar-refractivity contribution is 7.47. The SMILES string of the molecule is CCCCCCCCCCCCC(=O)OC[C@H](COP(=O)(O)OC[C@H](O)COP(=O)(O)OC[C@@H](COC(=O)CCCCCCCCCCCCC(C)CC)OC(=O)CCCCCCCCCCCCCC(C)C)OC(=O)CCCCCCCCCCC(C)C. The third-order valence-corrected chi connectivity index (χ3v) is 18.4. The van der Waals surface area contributed by atoms with Gasteiger partial charge in [-0.15, -0.1) is 0 Å². The molecule has 0 aromatic heterocycles. The third-order valence-electron chi connectivity index (χ3n) is 16.5. The van der Waals surface area contributed by atoms with Crippen LogP contribution in [-0.2, 0) is 65.4 Å². The Labute approximate surface area is 543 Å². The Kier molecular flexibility index (Phi) is 59.6. The molecule has 0 saturated heterocycles. The lowest BCUT2D eigenvalue weighted by Crippen LogP contribution is -2.30. The minimum Gasteiger partial charge on any atom is -0.462 e. The monoisotopic (exact) mass is 1310 g/mol. The van der Waals surface area contributed by atoms with E-state index in [2.05, 4.69) is 48.5 Å². The van der Waals surface area contributed by atoms with Crippen LogP contribution in [0.2, 0.25) is 0 Å². The Morgan fingerprint density at radius 1 is 0.326 bits per heavy atom. The molecule has 19 heteroatoms. The molecule has 0 amide bonds. The molecule has 0 fully saturated rings. The van der Waals surface area contributed by atoms with Crippen LogP contribution in [0.3, 0.4) is 0 Å².